The lowest BCUT2D eigenvalue weighted by Crippen LogP contribution is -2.21. The number of nitrogens with zero attached hydrogens (tertiary/aromatic N) is 1. The van der Waals surface area contributed by atoms with Crippen molar-refractivity contribution in [2.75, 3.05) is 0 Å². The van der Waals surface area contributed by atoms with E-state index >= 15 is 0 Å². The summed E-state index contributed by atoms with van der Waals surface area (Å²) in [6, 6.07) is 21.6. The van der Waals surface area contributed by atoms with Crippen molar-refractivity contribution >= 4 is 0 Å². The van der Waals surface area contributed by atoms with Crippen molar-refractivity contribution in [1.82, 2.24) is 4.98 Å². The van der Waals surface area contributed by atoms with Crippen LogP contribution in [-0.2, 0) is 5.41 Å². The minimum absolute atomic E-state index is 0.143. The van der Waals surface area contributed by atoms with Crippen LogP contribution in [0.4, 0.5) is 0 Å². The van der Waals surface area contributed by atoms with E-state index in [1.165, 1.54) is 27.8 Å². The van der Waals surface area contributed by atoms with Crippen molar-refractivity contribution in [3.63, 3.8) is 0 Å². The second kappa shape index (κ2) is 7.23. The molecule has 128 valence electrons. The highest BCUT2D eigenvalue weighted by molar-refractivity contribution is 5.76. The number of aryl methyl sites for hydroxylation is 1. The van der Waals surface area contributed by atoms with Gasteiger partial charge in [0, 0.05) is 11.8 Å². The van der Waals surface area contributed by atoms with Crippen molar-refractivity contribution in [1.29, 1.82) is 0 Å². The molecule has 3 aromatic rings. The Kier molecular flexibility index (Phi) is 5.03. The molecule has 0 fully saturated rings. The molecular formula is C24H27N. The molecule has 0 amide bonds. The summed E-state index contributed by atoms with van der Waals surface area (Å²) in [4.78, 5) is 4.64. The quantitative estimate of drug-likeness (QED) is 0.501. The molecule has 3 rings (SSSR count). The monoisotopic (exact) mass is 329 g/mol. The van der Waals surface area contributed by atoms with E-state index in [9.17, 15) is 0 Å². The first-order valence-corrected chi connectivity index (χ1v) is 9.21. The normalized spacial score (nSPS) is 11.5. The topological polar surface area (TPSA) is 12.9 Å². The number of hydrogen-bond acceptors (Lipinski definition) is 1. The van der Waals surface area contributed by atoms with Crippen LogP contribution < -0.4 is 0 Å². The zero-order valence-corrected chi connectivity index (χ0v) is 15.7. The number of rotatable bonds is 5. The van der Waals surface area contributed by atoms with Crippen LogP contribution in [0.2, 0.25) is 0 Å². The summed E-state index contributed by atoms with van der Waals surface area (Å²) in [5.74, 6) is 0. The van der Waals surface area contributed by atoms with Crippen molar-refractivity contribution < 1.29 is 0 Å². The summed E-state index contributed by atoms with van der Waals surface area (Å²) >= 11 is 0. The molecule has 1 heteroatoms. The highest BCUT2D eigenvalue weighted by atomic mass is 14.7. The van der Waals surface area contributed by atoms with Crippen molar-refractivity contribution in [3.8, 4) is 22.4 Å². The average molecular weight is 329 g/mol. The highest BCUT2D eigenvalue weighted by Crippen LogP contribution is 2.41. The van der Waals surface area contributed by atoms with Gasteiger partial charge < -0.3 is 0 Å². The average Bonchev–Trinajstić information content (AvgIpc) is 2.68. The molecule has 0 radical (unpaired) electrons. The van der Waals surface area contributed by atoms with Gasteiger partial charge in [0.15, 0.2) is 0 Å². The molecule has 0 saturated heterocycles. The Morgan fingerprint density at radius 2 is 1.52 bits per heavy atom. The molecular weight excluding hydrogens is 302 g/mol. The van der Waals surface area contributed by atoms with Gasteiger partial charge in [-0.05, 0) is 71.7 Å². The maximum atomic E-state index is 4.64. The smallest absolute Gasteiger partial charge is 0.0705 e. The molecule has 1 heterocycles. The first kappa shape index (κ1) is 17.4. The summed E-state index contributed by atoms with van der Waals surface area (Å²) < 4.78 is 0. The highest BCUT2D eigenvalue weighted by Gasteiger charge is 2.27. The van der Waals surface area contributed by atoms with E-state index in [4.69, 9.17) is 0 Å². The predicted octanol–water partition coefficient (Wildman–Crippen LogP) is 6.80. The van der Waals surface area contributed by atoms with Crippen LogP contribution in [0.3, 0.4) is 0 Å². The Morgan fingerprint density at radius 3 is 2.12 bits per heavy atom. The van der Waals surface area contributed by atoms with E-state index in [1.54, 1.807) is 0 Å². The van der Waals surface area contributed by atoms with Crippen molar-refractivity contribution in [3.05, 3.63) is 78.0 Å². The Hall–Kier alpha value is -2.41. The van der Waals surface area contributed by atoms with Gasteiger partial charge in [-0.3, -0.25) is 4.98 Å². The molecule has 25 heavy (non-hydrogen) atoms. The second-order valence-corrected chi connectivity index (χ2v) is 7.06. The molecule has 0 spiro atoms. The van der Waals surface area contributed by atoms with Gasteiger partial charge in [0.25, 0.3) is 0 Å². The van der Waals surface area contributed by atoms with Crippen LogP contribution in [0.5, 0.6) is 0 Å². The fraction of sp³-hybridized carbons (Fsp3) is 0.292. The van der Waals surface area contributed by atoms with Gasteiger partial charge in [0.05, 0.1) is 5.69 Å². The first-order valence-electron chi connectivity index (χ1n) is 9.21. The molecule has 0 unspecified atom stereocenters. The summed E-state index contributed by atoms with van der Waals surface area (Å²) in [6.45, 7) is 9.15. The van der Waals surface area contributed by atoms with E-state index in [0.717, 1.165) is 18.5 Å². The van der Waals surface area contributed by atoms with Crippen molar-refractivity contribution in [2.24, 2.45) is 0 Å². The Bertz CT molecular complexity index is 831. The van der Waals surface area contributed by atoms with Gasteiger partial charge in [-0.15, -0.1) is 0 Å². The van der Waals surface area contributed by atoms with Crippen molar-refractivity contribution in [2.45, 2.75) is 46.0 Å². The minimum Gasteiger partial charge on any atom is -0.256 e. The zero-order chi connectivity index (χ0) is 17.9. The largest absolute Gasteiger partial charge is 0.256 e. The van der Waals surface area contributed by atoms with E-state index in [-0.39, 0.29) is 5.41 Å². The molecule has 1 nitrogen and oxygen atoms in total. The van der Waals surface area contributed by atoms with Crippen LogP contribution in [0, 0.1) is 6.92 Å². The predicted molar refractivity (Wildman–Crippen MR) is 108 cm³/mol. The van der Waals surface area contributed by atoms with E-state index in [2.05, 4.69) is 87.3 Å². The lowest BCUT2D eigenvalue weighted by Gasteiger charge is -2.31. The fourth-order valence-electron chi connectivity index (χ4n) is 3.50. The summed E-state index contributed by atoms with van der Waals surface area (Å²) in [5.41, 5.74) is 7.78. The number of hydrogen-bond donors (Lipinski definition) is 0. The fourth-order valence-corrected chi connectivity index (χ4v) is 3.50. The molecule has 2 aromatic carbocycles. The van der Waals surface area contributed by atoms with Crippen LogP contribution in [-0.4, -0.2) is 4.98 Å². The number of aromatic nitrogens is 1. The van der Waals surface area contributed by atoms with Gasteiger partial charge >= 0.3 is 0 Å². The molecule has 0 aliphatic heterocycles. The van der Waals surface area contributed by atoms with Gasteiger partial charge in [-0.2, -0.15) is 0 Å². The van der Waals surface area contributed by atoms with Crippen LogP contribution in [0.15, 0.2) is 66.9 Å². The third-order valence-electron chi connectivity index (χ3n) is 5.60. The lowest BCUT2D eigenvalue weighted by atomic mass is 9.73. The Labute approximate surface area is 151 Å². The molecule has 0 aliphatic rings. The van der Waals surface area contributed by atoms with Gasteiger partial charge in [-0.25, -0.2) is 0 Å². The molecule has 0 atom stereocenters. The second-order valence-electron chi connectivity index (χ2n) is 7.06. The Morgan fingerprint density at radius 1 is 0.840 bits per heavy atom. The molecule has 0 saturated carbocycles. The van der Waals surface area contributed by atoms with Gasteiger partial charge in [0.2, 0.25) is 0 Å². The van der Waals surface area contributed by atoms with E-state index in [0.29, 0.717) is 0 Å². The molecule has 0 N–H and O–H groups in total. The third-order valence-corrected chi connectivity index (χ3v) is 5.60. The van der Waals surface area contributed by atoms with Crippen LogP contribution in [0.1, 0.15) is 44.7 Å². The van der Waals surface area contributed by atoms with Gasteiger partial charge in [-0.1, -0.05) is 57.2 Å². The Balaban J connectivity index is 2.28. The number of benzene rings is 2. The summed E-state index contributed by atoms with van der Waals surface area (Å²) in [7, 11) is 0. The lowest BCUT2D eigenvalue weighted by molar-refractivity contribution is 0.440. The molecule has 1 aromatic heterocycles. The maximum Gasteiger partial charge on any atom is 0.0705 e. The van der Waals surface area contributed by atoms with Crippen LogP contribution in [0.25, 0.3) is 22.4 Å². The summed E-state index contributed by atoms with van der Waals surface area (Å²) in [5, 5.41) is 0. The number of pyridine rings is 1. The summed E-state index contributed by atoms with van der Waals surface area (Å²) in [6.07, 6.45) is 4.11. The van der Waals surface area contributed by atoms with Crippen LogP contribution >= 0.6 is 0 Å². The minimum atomic E-state index is 0.143. The third kappa shape index (κ3) is 3.37. The molecule has 0 bridgehead atoms. The van der Waals surface area contributed by atoms with Gasteiger partial charge in [0.1, 0.15) is 0 Å². The van der Waals surface area contributed by atoms with E-state index in [1.807, 2.05) is 12.3 Å². The zero-order valence-electron chi connectivity index (χ0n) is 15.7. The standard InChI is InChI=1S/C24H27N/c1-5-24(4,6-2)22-17-20(19-12-8-7-9-13-19)18(3)16-21(22)23-14-10-11-15-25-23/h7-17H,5-6H2,1-4H3. The van der Waals surface area contributed by atoms with E-state index < -0.39 is 0 Å². The SMILES string of the molecule is CCC(C)(CC)c1cc(-c2ccccc2)c(C)cc1-c1ccccn1. The maximum absolute atomic E-state index is 4.64. The first-order chi connectivity index (χ1) is 12.1. The molecule has 0 aliphatic carbocycles.